The summed E-state index contributed by atoms with van der Waals surface area (Å²) in [6, 6.07) is 3.55. The first-order chi connectivity index (χ1) is 6.82. The summed E-state index contributed by atoms with van der Waals surface area (Å²) < 4.78 is 37.3. The third kappa shape index (κ3) is 2.71. The first-order valence-corrected chi connectivity index (χ1v) is 4.20. The highest BCUT2D eigenvalue weighted by Crippen LogP contribution is 2.32. The molecule has 2 nitrogen and oxygen atoms in total. The van der Waals surface area contributed by atoms with E-state index in [1.165, 1.54) is 19.1 Å². The number of rotatable bonds is 2. The van der Waals surface area contributed by atoms with E-state index < -0.39 is 24.1 Å². The van der Waals surface area contributed by atoms with E-state index in [4.69, 9.17) is 5.11 Å². The summed E-state index contributed by atoms with van der Waals surface area (Å²) in [5.41, 5.74) is -0.606. The fraction of sp³-hybridized carbons (Fsp3) is 0.300. The molecule has 0 bridgehead atoms. The number of carbonyl (C=O) groups is 1. The molecular formula is C10H9F3O2. The smallest absolute Gasteiger partial charge is 0.416 e. The van der Waals surface area contributed by atoms with Gasteiger partial charge in [0.15, 0.2) is 0 Å². The molecule has 0 spiro atoms. The monoisotopic (exact) mass is 218 g/mol. The van der Waals surface area contributed by atoms with E-state index in [-0.39, 0.29) is 11.1 Å². The number of benzene rings is 1. The molecule has 5 heteroatoms. The minimum atomic E-state index is -4.43. The van der Waals surface area contributed by atoms with Crippen molar-refractivity contribution in [1.29, 1.82) is 0 Å². The van der Waals surface area contributed by atoms with Crippen LogP contribution in [-0.4, -0.2) is 11.1 Å². The number of hydrogen-bond acceptors (Lipinski definition) is 1. The maximum atomic E-state index is 12.4. The second-order valence-corrected chi connectivity index (χ2v) is 3.16. The van der Waals surface area contributed by atoms with Gasteiger partial charge in [-0.1, -0.05) is 12.1 Å². The number of halogens is 3. The first-order valence-electron chi connectivity index (χ1n) is 4.20. The van der Waals surface area contributed by atoms with Gasteiger partial charge in [-0.3, -0.25) is 4.79 Å². The van der Waals surface area contributed by atoms with E-state index in [1.54, 1.807) is 0 Å². The van der Waals surface area contributed by atoms with Crippen LogP contribution in [0.25, 0.3) is 0 Å². The largest absolute Gasteiger partial charge is 0.481 e. The van der Waals surface area contributed by atoms with Gasteiger partial charge in [-0.15, -0.1) is 0 Å². The summed E-state index contributed by atoms with van der Waals surface area (Å²) in [4.78, 5) is 10.4. The van der Waals surface area contributed by atoms with Crippen LogP contribution in [0, 0.1) is 6.92 Å². The third-order valence-corrected chi connectivity index (χ3v) is 2.09. The van der Waals surface area contributed by atoms with E-state index in [1.807, 2.05) is 0 Å². The van der Waals surface area contributed by atoms with Gasteiger partial charge >= 0.3 is 12.1 Å². The molecule has 1 rings (SSSR count). The topological polar surface area (TPSA) is 37.3 Å². The summed E-state index contributed by atoms with van der Waals surface area (Å²) in [6.07, 6.45) is -4.83. The van der Waals surface area contributed by atoms with Crippen molar-refractivity contribution in [2.75, 3.05) is 0 Å². The maximum Gasteiger partial charge on any atom is 0.416 e. The van der Waals surface area contributed by atoms with E-state index >= 15 is 0 Å². The van der Waals surface area contributed by atoms with Crippen molar-refractivity contribution in [3.63, 3.8) is 0 Å². The molecule has 0 aliphatic heterocycles. The van der Waals surface area contributed by atoms with Gasteiger partial charge in [0.1, 0.15) is 0 Å². The molecule has 15 heavy (non-hydrogen) atoms. The molecule has 0 fully saturated rings. The minimum absolute atomic E-state index is 0.0209. The number of hydrogen-bond donors (Lipinski definition) is 1. The van der Waals surface area contributed by atoms with Crippen LogP contribution >= 0.6 is 0 Å². The van der Waals surface area contributed by atoms with Gasteiger partial charge in [-0.25, -0.2) is 0 Å². The molecule has 82 valence electrons. The molecule has 0 unspecified atom stereocenters. The molecule has 0 aliphatic carbocycles. The van der Waals surface area contributed by atoms with E-state index in [2.05, 4.69) is 0 Å². The van der Waals surface area contributed by atoms with Crippen LogP contribution in [0.1, 0.15) is 16.7 Å². The van der Waals surface area contributed by atoms with Crippen LogP contribution in [0.4, 0.5) is 13.2 Å². The molecule has 0 saturated carbocycles. The fourth-order valence-corrected chi connectivity index (χ4v) is 1.34. The lowest BCUT2D eigenvalue weighted by Gasteiger charge is -2.12. The van der Waals surface area contributed by atoms with Crippen LogP contribution < -0.4 is 0 Å². The fourth-order valence-electron chi connectivity index (χ4n) is 1.34. The van der Waals surface area contributed by atoms with Gasteiger partial charge in [0.2, 0.25) is 0 Å². The number of aliphatic carboxylic acids is 1. The zero-order chi connectivity index (χ0) is 11.6. The lowest BCUT2D eigenvalue weighted by Crippen LogP contribution is -2.10. The number of carboxylic acids is 1. The summed E-state index contributed by atoms with van der Waals surface area (Å²) in [6.45, 7) is 1.28. The van der Waals surface area contributed by atoms with Crippen molar-refractivity contribution in [2.24, 2.45) is 0 Å². The van der Waals surface area contributed by atoms with Crippen LogP contribution in [0.2, 0.25) is 0 Å². The Morgan fingerprint density at radius 3 is 2.47 bits per heavy atom. The first kappa shape index (κ1) is 11.6. The molecule has 1 aromatic rings. The van der Waals surface area contributed by atoms with E-state index in [0.29, 0.717) is 0 Å². The summed E-state index contributed by atoms with van der Waals surface area (Å²) in [7, 11) is 0. The second kappa shape index (κ2) is 3.92. The predicted octanol–water partition coefficient (Wildman–Crippen LogP) is 2.64. The third-order valence-electron chi connectivity index (χ3n) is 2.09. The summed E-state index contributed by atoms with van der Waals surface area (Å²) in [5, 5.41) is 8.50. The summed E-state index contributed by atoms with van der Waals surface area (Å²) in [5.74, 6) is -1.14. The van der Waals surface area contributed by atoms with Crippen molar-refractivity contribution < 1.29 is 23.1 Å². The minimum Gasteiger partial charge on any atom is -0.481 e. The zero-order valence-electron chi connectivity index (χ0n) is 7.93. The van der Waals surface area contributed by atoms with Gasteiger partial charge in [-0.05, 0) is 24.1 Å². The van der Waals surface area contributed by atoms with Crippen molar-refractivity contribution >= 4 is 5.97 Å². The molecule has 0 radical (unpaired) electrons. The van der Waals surface area contributed by atoms with Gasteiger partial charge in [0, 0.05) is 0 Å². The molecule has 0 amide bonds. The van der Waals surface area contributed by atoms with Gasteiger partial charge < -0.3 is 5.11 Å². The van der Waals surface area contributed by atoms with Gasteiger partial charge in [0.05, 0.1) is 12.0 Å². The van der Waals surface area contributed by atoms with E-state index in [9.17, 15) is 18.0 Å². The van der Waals surface area contributed by atoms with Gasteiger partial charge in [-0.2, -0.15) is 13.2 Å². The average Bonchev–Trinajstić information content (AvgIpc) is 2.05. The molecule has 1 aromatic carbocycles. The van der Waals surface area contributed by atoms with E-state index in [0.717, 1.165) is 6.07 Å². The predicted molar refractivity (Wildman–Crippen MR) is 47.5 cm³/mol. The van der Waals surface area contributed by atoms with Crippen LogP contribution in [0.15, 0.2) is 18.2 Å². The van der Waals surface area contributed by atoms with Crippen molar-refractivity contribution in [1.82, 2.24) is 0 Å². The van der Waals surface area contributed by atoms with Gasteiger partial charge in [0.25, 0.3) is 0 Å². The van der Waals surface area contributed by atoms with Crippen LogP contribution in [-0.2, 0) is 17.4 Å². The Labute approximate surface area is 84.3 Å². The highest BCUT2D eigenvalue weighted by molar-refractivity contribution is 5.71. The Kier molecular flexibility index (Phi) is 3.02. The zero-order valence-corrected chi connectivity index (χ0v) is 7.93. The molecule has 0 aliphatic rings. The highest BCUT2D eigenvalue weighted by Gasteiger charge is 2.32. The highest BCUT2D eigenvalue weighted by atomic mass is 19.4. The summed E-state index contributed by atoms with van der Waals surface area (Å²) >= 11 is 0. The normalized spacial score (nSPS) is 11.5. The Morgan fingerprint density at radius 1 is 1.40 bits per heavy atom. The second-order valence-electron chi connectivity index (χ2n) is 3.16. The molecule has 0 heterocycles. The standard InChI is InChI=1S/C10H9F3O2/c1-6-7(5-9(14)15)3-2-4-8(6)10(11,12)13/h2-4H,5H2,1H3,(H,14,15). The van der Waals surface area contributed by atoms with Crippen LogP contribution in [0.3, 0.4) is 0 Å². The lowest BCUT2D eigenvalue weighted by molar-refractivity contribution is -0.139. The Morgan fingerprint density at radius 2 is 2.00 bits per heavy atom. The molecule has 0 aromatic heterocycles. The lowest BCUT2D eigenvalue weighted by atomic mass is 10.00. The maximum absolute atomic E-state index is 12.4. The molecule has 0 saturated heterocycles. The molecule has 0 atom stereocenters. The van der Waals surface area contributed by atoms with Crippen molar-refractivity contribution in [2.45, 2.75) is 19.5 Å². The van der Waals surface area contributed by atoms with Crippen molar-refractivity contribution in [3.8, 4) is 0 Å². The average molecular weight is 218 g/mol. The number of alkyl halides is 3. The Bertz CT molecular complexity index is 383. The Balaban J connectivity index is 3.17. The SMILES string of the molecule is Cc1c(CC(=O)O)cccc1C(F)(F)F. The number of carboxylic acid groups (broad SMARTS) is 1. The molecule has 1 N–H and O–H groups in total. The quantitative estimate of drug-likeness (QED) is 0.828. The Hall–Kier alpha value is -1.52. The molecular weight excluding hydrogens is 209 g/mol. The van der Waals surface area contributed by atoms with Crippen molar-refractivity contribution in [3.05, 3.63) is 34.9 Å². The van der Waals surface area contributed by atoms with Crippen LogP contribution in [0.5, 0.6) is 0 Å².